The molecule has 1 aliphatic heterocycles. The maximum Gasteiger partial charge on any atom is 0.272 e. The van der Waals surface area contributed by atoms with Gasteiger partial charge in [-0.2, -0.15) is 0 Å². The Labute approximate surface area is 297 Å². The van der Waals surface area contributed by atoms with Crippen LogP contribution in [0.1, 0.15) is 26.7 Å². The third-order valence-electron chi connectivity index (χ3n) is 7.33. The van der Waals surface area contributed by atoms with E-state index in [0.29, 0.717) is 52.2 Å². The zero-order valence-electron chi connectivity index (χ0n) is 25.8. The first kappa shape index (κ1) is 33.7. The molecular weight excluding hydrogens is 681 g/mol. The summed E-state index contributed by atoms with van der Waals surface area (Å²) in [6.07, 6.45) is 1.47. The molecule has 1 aliphatic rings. The molecular formula is C38H29Cl2N3O5S. The highest BCUT2D eigenvalue weighted by atomic mass is 35.5. The summed E-state index contributed by atoms with van der Waals surface area (Å²) in [5, 5.41) is 8.51. The van der Waals surface area contributed by atoms with Crippen molar-refractivity contribution in [2.45, 2.75) is 10.1 Å². The second-order valence-electron chi connectivity index (χ2n) is 10.8. The predicted octanol–water partition coefficient (Wildman–Crippen LogP) is 8.65. The van der Waals surface area contributed by atoms with Crippen molar-refractivity contribution in [3.63, 3.8) is 0 Å². The van der Waals surface area contributed by atoms with Crippen LogP contribution in [0.25, 0.3) is 6.08 Å². The molecule has 0 aliphatic carbocycles. The number of thioether (sulfide) groups is 1. The summed E-state index contributed by atoms with van der Waals surface area (Å²) in [5.41, 5.74) is 2.70. The molecule has 0 aromatic heterocycles. The van der Waals surface area contributed by atoms with Crippen molar-refractivity contribution in [1.29, 1.82) is 0 Å². The van der Waals surface area contributed by atoms with Crippen LogP contribution >= 0.6 is 35.0 Å². The molecule has 246 valence electrons. The summed E-state index contributed by atoms with van der Waals surface area (Å²) >= 11 is 14.0. The minimum atomic E-state index is -0.583. The fourth-order valence-electron chi connectivity index (χ4n) is 4.91. The van der Waals surface area contributed by atoms with Crippen molar-refractivity contribution < 1.29 is 23.9 Å². The first-order chi connectivity index (χ1) is 23.8. The zero-order chi connectivity index (χ0) is 34.2. The smallest absolute Gasteiger partial charge is 0.272 e. The van der Waals surface area contributed by atoms with Gasteiger partial charge in [-0.25, -0.2) is 0 Å². The van der Waals surface area contributed by atoms with Gasteiger partial charge < -0.3 is 25.4 Å². The predicted molar refractivity (Wildman–Crippen MR) is 195 cm³/mol. The average molecular weight is 711 g/mol. The van der Waals surface area contributed by atoms with E-state index in [0.717, 1.165) is 10.5 Å². The minimum Gasteiger partial charge on any atom is -0.486 e. The van der Waals surface area contributed by atoms with E-state index >= 15 is 0 Å². The lowest BCUT2D eigenvalue weighted by atomic mass is 10.1. The maximum atomic E-state index is 13.6. The van der Waals surface area contributed by atoms with Gasteiger partial charge in [0.1, 0.15) is 24.2 Å². The Kier molecular flexibility index (Phi) is 10.8. The van der Waals surface area contributed by atoms with E-state index in [9.17, 15) is 14.4 Å². The topological polar surface area (TPSA) is 106 Å². The van der Waals surface area contributed by atoms with Crippen LogP contribution in [0.15, 0.2) is 132 Å². The summed E-state index contributed by atoms with van der Waals surface area (Å²) < 4.78 is 11.3. The van der Waals surface area contributed by atoms with Crippen LogP contribution < -0.4 is 25.4 Å². The van der Waals surface area contributed by atoms with Crippen LogP contribution in [0.5, 0.6) is 11.5 Å². The van der Waals surface area contributed by atoms with Gasteiger partial charge in [-0.3, -0.25) is 14.4 Å². The van der Waals surface area contributed by atoms with Crippen molar-refractivity contribution in [1.82, 2.24) is 5.32 Å². The summed E-state index contributed by atoms with van der Waals surface area (Å²) in [4.78, 5) is 41.0. The molecule has 1 unspecified atom stereocenters. The van der Waals surface area contributed by atoms with Crippen LogP contribution in [0.4, 0.5) is 11.4 Å². The molecule has 49 heavy (non-hydrogen) atoms. The third-order valence-corrected chi connectivity index (χ3v) is 9.43. The molecule has 0 bridgehead atoms. The van der Waals surface area contributed by atoms with Crippen LogP contribution in [0.3, 0.4) is 0 Å². The van der Waals surface area contributed by atoms with Gasteiger partial charge in [0.15, 0.2) is 11.5 Å². The Morgan fingerprint density at radius 3 is 2.12 bits per heavy atom. The van der Waals surface area contributed by atoms with Gasteiger partial charge in [-0.05, 0) is 71.8 Å². The van der Waals surface area contributed by atoms with Crippen LogP contribution in [-0.4, -0.2) is 30.9 Å². The molecule has 0 radical (unpaired) electrons. The quantitative estimate of drug-likeness (QED) is 0.0990. The molecule has 5 aromatic rings. The zero-order valence-corrected chi connectivity index (χ0v) is 28.1. The van der Waals surface area contributed by atoms with Gasteiger partial charge in [0.2, 0.25) is 5.91 Å². The molecule has 0 spiro atoms. The van der Waals surface area contributed by atoms with Gasteiger partial charge in [0.25, 0.3) is 11.8 Å². The van der Waals surface area contributed by atoms with Gasteiger partial charge in [0.05, 0.1) is 10.0 Å². The van der Waals surface area contributed by atoms with Crippen molar-refractivity contribution in [2.24, 2.45) is 0 Å². The number of rotatable bonds is 10. The highest BCUT2D eigenvalue weighted by Crippen LogP contribution is 2.38. The maximum absolute atomic E-state index is 13.6. The monoisotopic (exact) mass is 709 g/mol. The number of ether oxygens (including phenoxy) is 2. The number of halogens is 2. The molecule has 5 aromatic carbocycles. The number of hydrogen-bond donors (Lipinski definition) is 3. The number of carbonyl (C=O) groups is 3. The lowest BCUT2D eigenvalue weighted by Gasteiger charge is -2.20. The molecule has 0 fully saturated rings. The first-order valence-electron chi connectivity index (χ1n) is 15.2. The van der Waals surface area contributed by atoms with Crippen LogP contribution in [-0.2, 0) is 9.59 Å². The number of amides is 3. The highest BCUT2D eigenvalue weighted by molar-refractivity contribution is 8.00. The molecule has 3 N–H and O–H groups in total. The molecule has 1 atom stereocenters. The van der Waals surface area contributed by atoms with E-state index in [1.54, 1.807) is 78.9 Å². The summed E-state index contributed by atoms with van der Waals surface area (Å²) in [6.45, 7) is 0.925. The van der Waals surface area contributed by atoms with E-state index in [-0.39, 0.29) is 16.6 Å². The van der Waals surface area contributed by atoms with Gasteiger partial charge in [-0.1, -0.05) is 83.9 Å². The Morgan fingerprint density at radius 2 is 1.39 bits per heavy atom. The average Bonchev–Trinajstić information content (AvgIpc) is 3.13. The molecule has 8 nitrogen and oxygen atoms in total. The first-order valence-corrected chi connectivity index (χ1v) is 16.8. The Morgan fingerprint density at radius 1 is 0.714 bits per heavy atom. The number of benzene rings is 5. The molecule has 11 heteroatoms. The lowest BCUT2D eigenvalue weighted by Crippen LogP contribution is -2.30. The number of anilines is 2. The molecule has 1 heterocycles. The normalized spacial score (nSPS) is 12.8. The van der Waals surface area contributed by atoms with Crippen LogP contribution in [0.2, 0.25) is 10.0 Å². The van der Waals surface area contributed by atoms with Crippen LogP contribution in [0, 0.1) is 0 Å². The second-order valence-corrected chi connectivity index (χ2v) is 12.7. The highest BCUT2D eigenvalue weighted by Gasteiger charge is 2.23. The second kappa shape index (κ2) is 15.8. The Balaban J connectivity index is 1.19. The standard InChI is InChI=1S/C38H29Cl2N3O5S/c39-30-13-7-12-26(34(30)40)22-31(43-36(44)25-10-5-2-6-11-25)37(45)41-27-14-17-29(18-15-27)49-35(24-8-3-1-4-9-24)38(46)42-28-16-19-32-33(23-28)48-21-20-47-32/h1-19,22-23,35H,20-21H2,(H,41,45)(H,42,46)(H,43,44)/b31-22-. The number of carbonyl (C=O) groups excluding carboxylic acids is 3. The van der Waals surface area contributed by atoms with E-state index in [2.05, 4.69) is 16.0 Å². The third kappa shape index (κ3) is 8.63. The SMILES string of the molecule is O=C(Nc1ccc(SC(C(=O)Nc2ccc3c(c2)OCCO3)c2ccccc2)cc1)/C(=C/c1cccc(Cl)c1Cl)NC(=O)c1ccccc1. The fraction of sp³-hybridized carbons (Fsp3) is 0.0789. The molecule has 6 rings (SSSR count). The van der Waals surface area contributed by atoms with Crippen molar-refractivity contribution in [2.75, 3.05) is 23.8 Å². The van der Waals surface area contributed by atoms with Crippen molar-refractivity contribution in [3.8, 4) is 11.5 Å². The van der Waals surface area contributed by atoms with Crippen molar-refractivity contribution in [3.05, 3.63) is 154 Å². The number of nitrogens with one attached hydrogen (secondary N) is 3. The van der Waals surface area contributed by atoms with Gasteiger partial charge in [0, 0.05) is 27.9 Å². The Bertz CT molecular complexity index is 2010. The Hall–Kier alpha value is -5.22. The molecule has 3 amide bonds. The molecule has 0 saturated heterocycles. The number of fused-ring (bicyclic) bond motifs is 1. The van der Waals surface area contributed by atoms with Gasteiger partial charge in [-0.15, -0.1) is 11.8 Å². The lowest BCUT2D eigenvalue weighted by molar-refractivity contribution is -0.116. The summed E-state index contributed by atoms with van der Waals surface area (Å²) in [7, 11) is 0. The van der Waals surface area contributed by atoms with E-state index < -0.39 is 17.1 Å². The largest absolute Gasteiger partial charge is 0.486 e. The fourth-order valence-corrected chi connectivity index (χ4v) is 6.30. The summed E-state index contributed by atoms with van der Waals surface area (Å²) in [5.74, 6) is -0.0253. The molecule has 0 saturated carbocycles. The van der Waals surface area contributed by atoms with E-state index in [1.807, 2.05) is 42.5 Å². The van der Waals surface area contributed by atoms with Crippen molar-refractivity contribution >= 4 is 70.1 Å². The van der Waals surface area contributed by atoms with E-state index in [4.69, 9.17) is 32.7 Å². The van der Waals surface area contributed by atoms with Gasteiger partial charge >= 0.3 is 0 Å². The van der Waals surface area contributed by atoms with E-state index in [1.165, 1.54) is 17.8 Å². The number of hydrogen-bond acceptors (Lipinski definition) is 6. The minimum absolute atomic E-state index is 0.0311. The summed E-state index contributed by atoms with van der Waals surface area (Å²) in [6, 6.07) is 35.4.